The van der Waals surface area contributed by atoms with Gasteiger partial charge in [-0.15, -0.1) is 0 Å². The fraction of sp³-hybridized carbons (Fsp3) is 0.750. The van der Waals surface area contributed by atoms with E-state index in [0.29, 0.717) is 26.1 Å². The third-order valence-electron chi connectivity index (χ3n) is 1.92. The largest absolute Gasteiger partial charge is 0.474 e. The number of nitrogens with zero attached hydrogens (tertiary/aromatic N) is 1. The Hall–Kier alpha value is -1.10. The summed E-state index contributed by atoms with van der Waals surface area (Å²) in [4.78, 5) is 22.8. The maximum absolute atomic E-state index is 11.1. The van der Waals surface area contributed by atoms with Crippen LogP contribution in [0.3, 0.4) is 0 Å². The smallest absolute Gasteiger partial charge is 0.394 e. The predicted octanol–water partition coefficient (Wildman–Crippen LogP) is -0.292. The van der Waals surface area contributed by atoms with E-state index in [0.717, 1.165) is 0 Å². The summed E-state index contributed by atoms with van der Waals surface area (Å²) in [7, 11) is 0. The molecular weight excluding hydrogens is 174 g/mol. The van der Waals surface area contributed by atoms with Crippen molar-refractivity contribution in [2.45, 2.75) is 19.4 Å². The van der Waals surface area contributed by atoms with Gasteiger partial charge in [-0.05, 0) is 13.3 Å². The second-order valence-corrected chi connectivity index (χ2v) is 3.09. The lowest BCUT2D eigenvalue weighted by molar-refractivity contribution is -0.156. The van der Waals surface area contributed by atoms with Gasteiger partial charge in [-0.1, -0.05) is 0 Å². The zero-order chi connectivity index (χ0) is 9.84. The van der Waals surface area contributed by atoms with E-state index >= 15 is 0 Å². The Kier molecular flexibility index (Phi) is 3.25. The normalized spacial score (nSPS) is 23.8. The van der Waals surface area contributed by atoms with Crippen molar-refractivity contribution in [1.29, 1.82) is 0 Å². The number of ether oxygens (including phenoxy) is 1. The molecule has 1 aliphatic rings. The average molecular weight is 187 g/mol. The molecule has 0 bridgehead atoms. The molecule has 1 unspecified atom stereocenters. The predicted molar refractivity (Wildman–Crippen MR) is 44.2 cm³/mol. The molecule has 0 aromatic carbocycles. The molecule has 5 nitrogen and oxygen atoms in total. The van der Waals surface area contributed by atoms with Crippen LogP contribution >= 0.6 is 0 Å². The monoisotopic (exact) mass is 187 g/mol. The van der Waals surface area contributed by atoms with Crippen LogP contribution in [0.2, 0.25) is 0 Å². The van der Waals surface area contributed by atoms with Gasteiger partial charge >= 0.3 is 11.9 Å². The summed E-state index contributed by atoms with van der Waals surface area (Å²) >= 11 is 0. The first kappa shape index (κ1) is 9.98. The van der Waals surface area contributed by atoms with Crippen molar-refractivity contribution in [1.82, 2.24) is 4.90 Å². The van der Waals surface area contributed by atoms with Crippen LogP contribution in [-0.2, 0) is 14.3 Å². The van der Waals surface area contributed by atoms with Crippen LogP contribution in [0.15, 0.2) is 0 Å². The van der Waals surface area contributed by atoms with Gasteiger partial charge in [0.2, 0.25) is 0 Å². The number of aliphatic carboxylic acids is 1. The van der Waals surface area contributed by atoms with E-state index in [1.165, 1.54) is 4.90 Å². The number of amides is 1. The van der Waals surface area contributed by atoms with Gasteiger partial charge in [0.25, 0.3) is 0 Å². The Morgan fingerprint density at radius 1 is 1.54 bits per heavy atom. The molecule has 1 rings (SSSR count). The van der Waals surface area contributed by atoms with Crippen molar-refractivity contribution in [2.75, 3.05) is 19.7 Å². The highest BCUT2D eigenvalue weighted by molar-refractivity contribution is 6.31. The lowest BCUT2D eigenvalue weighted by Crippen LogP contribution is -2.40. The van der Waals surface area contributed by atoms with Crippen molar-refractivity contribution < 1.29 is 19.4 Å². The maximum atomic E-state index is 11.1. The van der Waals surface area contributed by atoms with Gasteiger partial charge in [-0.25, -0.2) is 4.79 Å². The molecule has 13 heavy (non-hydrogen) atoms. The van der Waals surface area contributed by atoms with E-state index in [1.54, 1.807) is 0 Å². The van der Waals surface area contributed by atoms with Gasteiger partial charge < -0.3 is 14.7 Å². The van der Waals surface area contributed by atoms with Crippen LogP contribution in [0.1, 0.15) is 13.3 Å². The number of carboxylic acid groups (broad SMARTS) is 1. The fourth-order valence-electron chi connectivity index (χ4n) is 1.31. The molecule has 5 heteroatoms. The number of carbonyl (C=O) groups is 2. The Bertz CT molecular complexity index is 216. The minimum Gasteiger partial charge on any atom is -0.474 e. The number of hydrogen-bond donors (Lipinski definition) is 1. The molecule has 1 atom stereocenters. The molecule has 1 fully saturated rings. The highest BCUT2D eigenvalue weighted by atomic mass is 16.5. The van der Waals surface area contributed by atoms with Crippen LogP contribution in [-0.4, -0.2) is 47.7 Å². The van der Waals surface area contributed by atoms with Crippen molar-refractivity contribution in [3.8, 4) is 0 Å². The summed E-state index contributed by atoms with van der Waals surface area (Å²) in [6.45, 7) is 3.25. The molecule has 1 amide bonds. The molecule has 1 saturated heterocycles. The molecule has 1 heterocycles. The lowest BCUT2D eigenvalue weighted by Gasteiger charge is -2.19. The third kappa shape index (κ3) is 2.69. The van der Waals surface area contributed by atoms with E-state index in [1.807, 2.05) is 6.92 Å². The van der Waals surface area contributed by atoms with Gasteiger partial charge in [0.15, 0.2) is 0 Å². The molecule has 0 aromatic rings. The third-order valence-corrected chi connectivity index (χ3v) is 1.92. The molecular formula is C8H13NO4. The average Bonchev–Trinajstić information content (AvgIpc) is 2.28. The zero-order valence-electron chi connectivity index (χ0n) is 7.52. The Balaban J connectivity index is 2.57. The number of carbonyl (C=O) groups excluding carboxylic acids is 1. The molecule has 0 radical (unpaired) electrons. The minimum absolute atomic E-state index is 0.0780. The minimum atomic E-state index is -1.39. The quantitative estimate of drug-likeness (QED) is 0.529. The first-order valence-electron chi connectivity index (χ1n) is 4.25. The van der Waals surface area contributed by atoms with Crippen LogP contribution in [0, 0.1) is 0 Å². The second kappa shape index (κ2) is 4.23. The summed E-state index contributed by atoms with van der Waals surface area (Å²) in [5.41, 5.74) is 0. The summed E-state index contributed by atoms with van der Waals surface area (Å²) in [6, 6.07) is 0. The van der Waals surface area contributed by atoms with Crippen LogP contribution in [0.5, 0.6) is 0 Å². The maximum Gasteiger partial charge on any atom is 0.394 e. The highest BCUT2D eigenvalue weighted by Gasteiger charge is 2.24. The van der Waals surface area contributed by atoms with Crippen molar-refractivity contribution in [3.63, 3.8) is 0 Å². The molecule has 0 aromatic heterocycles. The highest BCUT2D eigenvalue weighted by Crippen LogP contribution is 2.05. The van der Waals surface area contributed by atoms with Gasteiger partial charge in [0.05, 0.1) is 6.10 Å². The Morgan fingerprint density at radius 2 is 2.23 bits per heavy atom. The molecule has 74 valence electrons. The van der Waals surface area contributed by atoms with Gasteiger partial charge in [-0.2, -0.15) is 0 Å². The molecule has 1 aliphatic heterocycles. The summed E-state index contributed by atoms with van der Waals surface area (Å²) in [6.07, 6.45) is 0.620. The van der Waals surface area contributed by atoms with Gasteiger partial charge in [0, 0.05) is 19.7 Å². The zero-order valence-corrected chi connectivity index (χ0v) is 7.52. The number of rotatable bonds is 0. The van der Waals surface area contributed by atoms with Crippen molar-refractivity contribution in [2.24, 2.45) is 0 Å². The van der Waals surface area contributed by atoms with Crippen LogP contribution in [0.25, 0.3) is 0 Å². The standard InChI is InChI=1S/C8H13NO4/c1-6-5-9(3-2-4-13-6)7(10)8(11)12/h6H,2-5H2,1H3,(H,11,12). The topological polar surface area (TPSA) is 66.8 Å². The Labute approximate surface area is 76.3 Å². The van der Waals surface area contributed by atoms with Gasteiger partial charge in [0.1, 0.15) is 0 Å². The van der Waals surface area contributed by atoms with E-state index in [4.69, 9.17) is 9.84 Å². The van der Waals surface area contributed by atoms with Crippen LogP contribution < -0.4 is 0 Å². The lowest BCUT2D eigenvalue weighted by atomic mass is 10.3. The molecule has 0 saturated carbocycles. The summed E-state index contributed by atoms with van der Waals surface area (Å²) in [5.74, 6) is -2.23. The molecule has 0 spiro atoms. The number of carboxylic acids is 1. The van der Waals surface area contributed by atoms with E-state index < -0.39 is 11.9 Å². The Morgan fingerprint density at radius 3 is 2.85 bits per heavy atom. The molecule has 1 N–H and O–H groups in total. The van der Waals surface area contributed by atoms with E-state index in [2.05, 4.69) is 0 Å². The van der Waals surface area contributed by atoms with Crippen molar-refractivity contribution >= 4 is 11.9 Å². The summed E-state index contributed by atoms with van der Waals surface area (Å²) < 4.78 is 5.28. The molecule has 0 aliphatic carbocycles. The number of hydrogen-bond acceptors (Lipinski definition) is 3. The second-order valence-electron chi connectivity index (χ2n) is 3.09. The first-order chi connectivity index (χ1) is 6.11. The van der Waals surface area contributed by atoms with E-state index in [9.17, 15) is 9.59 Å². The van der Waals surface area contributed by atoms with Gasteiger partial charge in [-0.3, -0.25) is 4.79 Å². The first-order valence-corrected chi connectivity index (χ1v) is 4.25. The fourth-order valence-corrected chi connectivity index (χ4v) is 1.31. The van der Waals surface area contributed by atoms with E-state index in [-0.39, 0.29) is 6.10 Å². The SMILES string of the molecule is CC1CN(C(=O)C(=O)O)CCCO1. The summed E-state index contributed by atoms with van der Waals surface area (Å²) in [5, 5.41) is 8.48. The van der Waals surface area contributed by atoms with Crippen LogP contribution in [0.4, 0.5) is 0 Å². The van der Waals surface area contributed by atoms with Crippen molar-refractivity contribution in [3.05, 3.63) is 0 Å².